The van der Waals surface area contributed by atoms with Crippen molar-refractivity contribution in [3.05, 3.63) is 47.3 Å². The van der Waals surface area contributed by atoms with Crippen LogP contribution >= 0.6 is 0 Å². The van der Waals surface area contributed by atoms with Crippen LogP contribution < -0.4 is 15.8 Å². The molecule has 0 aliphatic rings. The van der Waals surface area contributed by atoms with E-state index in [4.69, 9.17) is 15.6 Å². The molecule has 0 saturated heterocycles. The summed E-state index contributed by atoms with van der Waals surface area (Å²) < 4.78 is 5.16. The summed E-state index contributed by atoms with van der Waals surface area (Å²) in [6.45, 7) is 2.26. The van der Waals surface area contributed by atoms with Gasteiger partial charge in [-0.05, 0) is 24.6 Å². The van der Waals surface area contributed by atoms with E-state index in [1.807, 2.05) is 0 Å². The Kier molecular flexibility index (Phi) is 5.26. The number of rotatable bonds is 6. The number of nitrogen functional groups attached to an aromatic ring is 1. The Labute approximate surface area is 128 Å². The van der Waals surface area contributed by atoms with Crippen LogP contribution in [-0.4, -0.2) is 34.2 Å². The molecule has 2 heterocycles. The van der Waals surface area contributed by atoms with Gasteiger partial charge in [-0.2, -0.15) is 0 Å². The van der Waals surface area contributed by atoms with E-state index in [1.165, 1.54) is 6.07 Å². The minimum Gasteiger partial charge on any atom is -0.475 e. The van der Waals surface area contributed by atoms with Crippen LogP contribution in [0.3, 0.4) is 0 Å². The van der Waals surface area contributed by atoms with Gasteiger partial charge in [0, 0.05) is 30.1 Å². The third kappa shape index (κ3) is 4.42. The Balaban J connectivity index is 1.93. The van der Waals surface area contributed by atoms with Crippen LogP contribution in [0.4, 0.5) is 5.82 Å². The first kappa shape index (κ1) is 15.7. The van der Waals surface area contributed by atoms with E-state index < -0.39 is 0 Å². The zero-order valence-corrected chi connectivity index (χ0v) is 12.2. The topological polar surface area (TPSA) is 110 Å². The van der Waals surface area contributed by atoms with E-state index >= 15 is 0 Å². The number of ether oxygens (including phenoxy) is 1. The molecule has 0 fully saturated rings. The van der Waals surface area contributed by atoms with Gasteiger partial charge < -0.3 is 20.9 Å². The van der Waals surface area contributed by atoms with Gasteiger partial charge in [0.1, 0.15) is 12.4 Å². The number of carbonyl (C=O) groups is 1. The van der Waals surface area contributed by atoms with Crippen molar-refractivity contribution in [2.45, 2.75) is 13.5 Å². The lowest BCUT2D eigenvalue weighted by atomic mass is 10.2. The summed E-state index contributed by atoms with van der Waals surface area (Å²) in [6.07, 6.45) is 1.61. The molecule has 0 radical (unpaired) electrons. The van der Waals surface area contributed by atoms with Crippen LogP contribution in [0.15, 0.2) is 30.5 Å². The number of nitrogens with zero attached hydrogens (tertiary/aromatic N) is 2. The van der Waals surface area contributed by atoms with Gasteiger partial charge in [-0.1, -0.05) is 6.07 Å². The van der Waals surface area contributed by atoms with E-state index in [2.05, 4.69) is 15.3 Å². The molecule has 0 unspecified atom stereocenters. The molecule has 7 heteroatoms. The lowest BCUT2D eigenvalue weighted by Gasteiger charge is -2.07. The lowest BCUT2D eigenvalue weighted by molar-refractivity contribution is 0.0950. The van der Waals surface area contributed by atoms with Gasteiger partial charge in [-0.3, -0.25) is 4.79 Å². The lowest BCUT2D eigenvalue weighted by Crippen LogP contribution is -2.23. The van der Waals surface area contributed by atoms with Crippen molar-refractivity contribution >= 4 is 11.7 Å². The number of hydrogen-bond acceptors (Lipinski definition) is 6. The van der Waals surface area contributed by atoms with E-state index in [0.717, 1.165) is 5.56 Å². The zero-order valence-electron chi connectivity index (χ0n) is 12.2. The molecule has 4 N–H and O–H groups in total. The largest absolute Gasteiger partial charge is 0.475 e. The summed E-state index contributed by atoms with van der Waals surface area (Å²) in [5, 5.41) is 11.5. The van der Waals surface area contributed by atoms with Crippen molar-refractivity contribution in [2.24, 2.45) is 0 Å². The van der Waals surface area contributed by atoms with Crippen LogP contribution in [0.25, 0.3) is 0 Å². The first-order valence-electron chi connectivity index (χ1n) is 6.79. The molecule has 0 aromatic carbocycles. The maximum absolute atomic E-state index is 12.1. The number of carbonyl (C=O) groups excluding carboxylic acids is 1. The predicted octanol–water partition coefficient (Wildman–Crippen LogP) is 0.668. The van der Waals surface area contributed by atoms with E-state index in [9.17, 15) is 4.79 Å². The third-order valence-corrected chi connectivity index (χ3v) is 2.83. The highest BCUT2D eigenvalue weighted by Gasteiger charge is 2.07. The normalized spacial score (nSPS) is 10.3. The fraction of sp³-hybridized carbons (Fsp3) is 0.267. The molecule has 1 amide bonds. The van der Waals surface area contributed by atoms with Gasteiger partial charge >= 0.3 is 0 Å². The first-order valence-corrected chi connectivity index (χ1v) is 6.79. The summed E-state index contributed by atoms with van der Waals surface area (Å²) >= 11 is 0. The number of aromatic nitrogens is 2. The Morgan fingerprint density at radius 2 is 2.23 bits per heavy atom. The number of hydrogen-bond donors (Lipinski definition) is 3. The number of amides is 1. The Hall–Kier alpha value is -2.67. The number of aliphatic hydroxyl groups is 1. The molecular formula is C15H18N4O3. The number of aliphatic hydroxyl groups excluding tert-OH is 1. The second-order valence-electron chi connectivity index (χ2n) is 4.68. The minimum absolute atomic E-state index is 0.0615. The van der Waals surface area contributed by atoms with Gasteiger partial charge in [0.25, 0.3) is 5.91 Å². The number of pyridine rings is 2. The molecule has 0 aliphatic heterocycles. The van der Waals surface area contributed by atoms with E-state index in [1.54, 1.807) is 31.3 Å². The van der Waals surface area contributed by atoms with E-state index in [-0.39, 0.29) is 19.1 Å². The van der Waals surface area contributed by atoms with Crippen molar-refractivity contribution in [3.63, 3.8) is 0 Å². The number of nitrogens with two attached hydrogens (primary N) is 1. The fourth-order valence-corrected chi connectivity index (χ4v) is 1.86. The Bertz CT molecular complexity index is 623. The molecule has 0 aliphatic carbocycles. The van der Waals surface area contributed by atoms with Crippen LogP contribution in [0.5, 0.6) is 5.88 Å². The number of aryl methyl sites for hydroxylation is 1. The van der Waals surface area contributed by atoms with Crippen LogP contribution in [0, 0.1) is 6.92 Å². The van der Waals surface area contributed by atoms with Crippen molar-refractivity contribution in [3.8, 4) is 5.88 Å². The molecule has 2 aromatic rings. The SMILES string of the molecule is Cc1cc(C(=O)NCc2ccc(OCCO)nc2)cc(N)n1. The second kappa shape index (κ2) is 7.37. The van der Waals surface area contributed by atoms with Gasteiger partial charge in [0.15, 0.2) is 0 Å². The van der Waals surface area contributed by atoms with Crippen LogP contribution in [0.2, 0.25) is 0 Å². The van der Waals surface area contributed by atoms with Crippen LogP contribution in [0.1, 0.15) is 21.6 Å². The molecule has 0 spiro atoms. The average molecular weight is 302 g/mol. The fourth-order valence-electron chi connectivity index (χ4n) is 1.86. The molecule has 2 rings (SSSR count). The van der Waals surface area contributed by atoms with E-state index in [0.29, 0.717) is 29.5 Å². The molecule has 2 aromatic heterocycles. The van der Waals surface area contributed by atoms with Crippen molar-refractivity contribution in [1.82, 2.24) is 15.3 Å². The minimum atomic E-state index is -0.224. The summed E-state index contributed by atoms with van der Waals surface area (Å²) in [5.41, 5.74) is 7.63. The van der Waals surface area contributed by atoms with Gasteiger partial charge in [-0.25, -0.2) is 9.97 Å². The highest BCUT2D eigenvalue weighted by atomic mass is 16.5. The molecule has 116 valence electrons. The van der Waals surface area contributed by atoms with Crippen LogP contribution in [-0.2, 0) is 6.54 Å². The summed E-state index contributed by atoms with van der Waals surface area (Å²) in [6, 6.07) is 6.69. The smallest absolute Gasteiger partial charge is 0.251 e. The van der Waals surface area contributed by atoms with Gasteiger partial charge in [0.2, 0.25) is 5.88 Å². The first-order chi connectivity index (χ1) is 10.6. The Morgan fingerprint density at radius 1 is 1.41 bits per heavy atom. The summed E-state index contributed by atoms with van der Waals surface area (Å²) in [7, 11) is 0. The Morgan fingerprint density at radius 3 is 2.86 bits per heavy atom. The zero-order chi connectivity index (χ0) is 15.9. The van der Waals surface area contributed by atoms with Crippen molar-refractivity contribution < 1.29 is 14.6 Å². The maximum Gasteiger partial charge on any atom is 0.251 e. The number of nitrogens with one attached hydrogen (secondary N) is 1. The second-order valence-corrected chi connectivity index (χ2v) is 4.68. The van der Waals surface area contributed by atoms with Gasteiger partial charge in [0.05, 0.1) is 6.61 Å². The highest BCUT2D eigenvalue weighted by Crippen LogP contribution is 2.09. The van der Waals surface area contributed by atoms with Gasteiger partial charge in [-0.15, -0.1) is 0 Å². The molecule has 22 heavy (non-hydrogen) atoms. The summed E-state index contributed by atoms with van der Waals surface area (Å²) in [4.78, 5) is 20.2. The quantitative estimate of drug-likeness (QED) is 0.723. The highest BCUT2D eigenvalue weighted by molar-refractivity contribution is 5.94. The molecule has 0 atom stereocenters. The van der Waals surface area contributed by atoms with Crippen molar-refractivity contribution in [2.75, 3.05) is 18.9 Å². The number of anilines is 1. The third-order valence-electron chi connectivity index (χ3n) is 2.83. The molecule has 0 bridgehead atoms. The monoisotopic (exact) mass is 302 g/mol. The molecule has 7 nitrogen and oxygen atoms in total. The molecular weight excluding hydrogens is 284 g/mol. The average Bonchev–Trinajstić information content (AvgIpc) is 2.50. The maximum atomic E-state index is 12.1. The molecule has 0 saturated carbocycles. The van der Waals surface area contributed by atoms with Crippen molar-refractivity contribution in [1.29, 1.82) is 0 Å². The summed E-state index contributed by atoms with van der Waals surface area (Å²) in [5.74, 6) is 0.525. The standard InChI is InChI=1S/C15H18N4O3/c1-10-6-12(7-13(16)19-10)15(21)18-9-11-2-3-14(17-8-11)22-5-4-20/h2-3,6-8,20H,4-5,9H2,1H3,(H2,16,19)(H,18,21). The predicted molar refractivity (Wildman–Crippen MR) is 81.4 cm³/mol.